The predicted octanol–water partition coefficient (Wildman–Crippen LogP) is -0.808. The summed E-state index contributed by atoms with van der Waals surface area (Å²) in [6.07, 6.45) is 4.19. The summed E-state index contributed by atoms with van der Waals surface area (Å²) in [6, 6.07) is 0.155. The smallest absolute Gasteiger partial charge is 0.147 e. The molecule has 2 aliphatic rings. The van der Waals surface area contributed by atoms with Crippen molar-refractivity contribution in [3.63, 3.8) is 0 Å². The molecule has 1 aromatic rings. The van der Waals surface area contributed by atoms with Crippen molar-refractivity contribution >= 4 is 0 Å². The molecule has 6 heteroatoms. The topological polar surface area (TPSA) is 80.2 Å². The molecule has 3 N–H and O–H groups in total. The van der Waals surface area contributed by atoms with Gasteiger partial charge in [0.1, 0.15) is 12.2 Å². The fourth-order valence-electron chi connectivity index (χ4n) is 2.64. The maximum absolute atomic E-state index is 9.56. The zero-order valence-corrected chi connectivity index (χ0v) is 9.87. The lowest BCUT2D eigenvalue weighted by molar-refractivity contribution is 0.0747. The first kappa shape index (κ1) is 11.1. The van der Waals surface area contributed by atoms with Crippen molar-refractivity contribution in [3.05, 3.63) is 12.2 Å². The van der Waals surface area contributed by atoms with E-state index in [4.69, 9.17) is 5.73 Å². The van der Waals surface area contributed by atoms with Gasteiger partial charge in [-0.05, 0) is 18.8 Å². The van der Waals surface area contributed by atoms with Gasteiger partial charge in [0.05, 0.1) is 13.2 Å². The van der Waals surface area contributed by atoms with Crippen LogP contribution in [0.15, 0.2) is 6.33 Å². The Morgan fingerprint density at radius 3 is 3.00 bits per heavy atom. The van der Waals surface area contributed by atoms with Crippen LogP contribution in [0.25, 0.3) is 0 Å². The summed E-state index contributed by atoms with van der Waals surface area (Å²) in [5.41, 5.74) is 6.22. The molecule has 3 rings (SSSR count). The minimum Gasteiger partial charge on any atom is -0.395 e. The Kier molecular flexibility index (Phi) is 2.85. The molecule has 2 unspecified atom stereocenters. The van der Waals surface area contributed by atoms with E-state index in [1.165, 1.54) is 12.8 Å². The van der Waals surface area contributed by atoms with Crippen LogP contribution in [-0.4, -0.2) is 50.0 Å². The molecule has 0 spiro atoms. The van der Waals surface area contributed by atoms with Crippen molar-refractivity contribution in [2.24, 2.45) is 11.7 Å². The molecule has 1 aliphatic carbocycles. The molecular formula is C11H19N5O. The quantitative estimate of drug-likeness (QED) is 0.716. The number of hydrogen-bond donors (Lipinski definition) is 2. The Bertz CT molecular complexity index is 389. The largest absolute Gasteiger partial charge is 0.395 e. The van der Waals surface area contributed by atoms with E-state index in [0.717, 1.165) is 25.5 Å². The Labute approximate surface area is 100 Å². The fourth-order valence-corrected chi connectivity index (χ4v) is 2.64. The summed E-state index contributed by atoms with van der Waals surface area (Å²) in [5, 5.41) is 17.6. The molecule has 2 heterocycles. The summed E-state index contributed by atoms with van der Waals surface area (Å²) in [4.78, 5) is 2.24. The van der Waals surface area contributed by atoms with Gasteiger partial charge in [0.2, 0.25) is 0 Å². The summed E-state index contributed by atoms with van der Waals surface area (Å²) < 4.78 is 2.06. The van der Waals surface area contributed by atoms with Gasteiger partial charge >= 0.3 is 0 Å². The molecule has 0 radical (unpaired) electrons. The third-order valence-electron chi connectivity index (χ3n) is 3.94. The highest BCUT2D eigenvalue weighted by atomic mass is 16.3. The van der Waals surface area contributed by atoms with E-state index in [1.54, 1.807) is 6.33 Å². The number of nitrogens with zero attached hydrogens (tertiary/aromatic N) is 4. The number of rotatable bonds is 4. The second-order valence-electron chi connectivity index (χ2n) is 5.08. The zero-order chi connectivity index (χ0) is 11.8. The van der Waals surface area contributed by atoms with Gasteiger partial charge in [0, 0.05) is 25.2 Å². The van der Waals surface area contributed by atoms with Crippen LogP contribution in [0.5, 0.6) is 0 Å². The van der Waals surface area contributed by atoms with Crippen molar-refractivity contribution in [1.29, 1.82) is 0 Å². The van der Waals surface area contributed by atoms with Gasteiger partial charge in [-0.1, -0.05) is 0 Å². The average Bonchev–Trinajstić information content (AvgIpc) is 3.09. The van der Waals surface area contributed by atoms with Crippen LogP contribution in [0.4, 0.5) is 0 Å². The molecular weight excluding hydrogens is 218 g/mol. The number of fused-ring (bicyclic) bond motifs is 1. The Balaban J connectivity index is 1.71. The van der Waals surface area contributed by atoms with Crippen molar-refractivity contribution in [1.82, 2.24) is 19.7 Å². The number of aliphatic hydroxyl groups excluding tert-OH is 1. The first-order valence-electron chi connectivity index (χ1n) is 6.27. The number of nitrogens with two attached hydrogens (primary N) is 1. The van der Waals surface area contributed by atoms with Crippen LogP contribution in [0.1, 0.15) is 18.7 Å². The van der Waals surface area contributed by atoms with Crippen molar-refractivity contribution in [3.8, 4) is 0 Å². The summed E-state index contributed by atoms with van der Waals surface area (Å²) >= 11 is 0. The van der Waals surface area contributed by atoms with Crippen LogP contribution in [0.3, 0.4) is 0 Å². The first-order valence-corrected chi connectivity index (χ1v) is 6.27. The molecule has 1 aromatic heterocycles. The van der Waals surface area contributed by atoms with E-state index in [0.29, 0.717) is 5.92 Å². The second kappa shape index (κ2) is 4.36. The third kappa shape index (κ3) is 2.08. The standard InChI is InChI=1S/C11H19N5O/c12-11(8-1-2-8)9(6-17)15-3-4-16-7-13-14-10(16)5-15/h7-9,11,17H,1-6,12H2. The fraction of sp³-hybridized carbons (Fsp3) is 0.818. The van der Waals surface area contributed by atoms with Crippen molar-refractivity contribution in [2.45, 2.75) is 38.0 Å². The second-order valence-corrected chi connectivity index (χ2v) is 5.08. The van der Waals surface area contributed by atoms with E-state index in [2.05, 4.69) is 19.7 Å². The van der Waals surface area contributed by atoms with Crippen molar-refractivity contribution < 1.29 is 5.11 Å². The molecule has 17 heavy (non-hydrogen) atoms. The average molecular weight is 237 g/mol. The van der Waals surface area contributed by atoms with E-state index in [9.17, 15) is 5.11 Å². The summed E-state index contributed by atoms with van der Waals surface area (Å²) in [7, 11) is 0. The minimum absolute atomic E-state index is 0.0629. The lowest BCUT2D eigenvalue weighted by Crippen LogP contribution is -2.53. The number of aliphatic hydroxyl groups is 1. The Hall–Kier alpha value is -0.980. The van der Waals surface area contributed by atoms with E-state index in [-0.39, 0.29) is 18.7 Å². The molecule has 0 saturated heterocycles. The number of hydrogen-bond acceptors (Lipinski definition) is 5. The Morgan fingerprint density at radius 1 is 1.47 bits per heavy atom. The molecule has 1 fully saturated rings. The van der Waals surface area contributed by atoms with Gasteiger partial charge in [0.25, 0.3) is 0 Å². The Morgan fingerprint density at radius 2 is 2.29 bits per heavy atom. The molecule has 2 atom stereocenters. The summed E-state index contributed by atoms with van der Waals surface area (Å²) in [5.74, 6) is 1.57. The predicted molar refractivity (Wildman–Crippen MR) is 62.0 cm³/mol. The van der Waals surface area contributed by atoms with Crippen LogP contribution in [-0.2, 0) is 13.1 Å². The molecule has 1 saturated carbocycles. The normalized spacial score (nSPS) is 24.4. The van der Waals surface area contributed by atoms with Crippen LogP contribution >= 0.6 is 0 Å². The van der Waals surface area contributed by atoms with E-state index in [1.807, 2.05) is 0 Å². The maximum Gasteiger partial charge on any atom is 0.147 e. The minimum atomic E-state index is 0.0629. The summed E-state index contributed by atoms with van der Waals surface area (Å²) in [6.45, 7) is 2.67. The first-order chi connectivity index (χ1) is 8.29. The molecule has 0 aromatic carbocycles. The third-order valence-corrected chi connectivity index (χ3v) is 3.94. The molecule has 0 amide bonds. The highest BCUT2D eigenvalue weighted by Crippen LogP contribution is 2.34. The monoisotopic (exact) mass is 237 g/mol. The SMILES string of the molecule is NC(C1CC1)C(CO)N1CCn2cnnc2C1. The molecule has 0 bridgehead atoms. The molecule has 94 valence electrons. The van der Waals surface area contributed by atoms with Crippen molar-refractivity contribution in [2.75, 3.05) is 13.2 Å². The molecule has 1 aliphatic heterocycles. The highest BCUT2D eigenvalue weighted by Gasteiger charge is 2.37. The van der Waals surface area contributed by atoms with E-state index < -0.39 is 0 Å². The van der Waals surface area contributed by atoms with Crippen LogP contribution in [0.2, 0.25) is 0 Å². The maximum atomic E-state index is 9.56. The van der Waals surface area contributed by atoms with Gasteiger partial charge < -0.3 is 15.4 Å². The van der Waals surface area contributed by atoms with Gasteiger partial charge in [-0.3, -0.25) is 4.90 Å². The number of aromatic nitrogens is 3. The lowest BCUT2D eigenvalue weighted by Gasteiger charge is -2.36. The van der Waals surface area contributed by atoms with Crippen LogP contribution in [0, 0.1) is 5.92 Å². The van der Waals surface area contributed by atoms with Gasteiger partial charge in [-0.15, -0.1) is 10.2 Å². The zero-order valence-electron chi connectivity index (χ0n) is 9.87. The van der Waals surface area contributed by atoms with E-state index >= 15 is 0 Å². The van der Waals surface area contributed by atoms with Gasteiger partial charge in [-0.25, -0.2) is 0 Å². The van der Waals surface area contributed by atoms with Gasteiger partial charge in [0.15, 0.2) is 0 Å². The van der Waals surface area contributed by atoms with Gasteiger partial charge in [-0.2, -0.15) is 0 Å². The molecule has 6 nitrogen and oxygen atoms in total. The lowest BCUT2D eigenvalue weighted by atomic mass is 10.0. The highest BCUT2D eigenvalue weighted by molar-refractivity contribution is 4.97. The van der Waals surface area contributed by atoms with Crippen LogP contribution < -0.4 is 5.73 Å².